The van der Waals surface area contributed by atoms with Crippen molar-refractivity contribution in [2.45, 2.75) is 20.3 Å². The average molecular weight is 402 g/mol. The summed E-state index contributed by atoms with van der Waals surface area (Å²) in [5.41, 5.74) is 6.99. The van der Waals surface area contributed by atoms with Gasteiger partial charge in [0.15, 0.2) is 6.61 Å². The summed E-state index contributed by atoms with van der Waals surface area (Å²) in [6.07, 6.45) is -0.583. The van der Waals surface area contributed by atoms with Crippen molar-refractivity contribution in [2.75, 3.05) is 11.9 Å². The van der Waals surface area contributed by atoms with Crippen LogP contribution in [0.5, 0.6) is 5.75 Å². The fourth-order valence-electron chi connectivity index (χ4n) is 2.07. The fraction of sp³-hybridized carbons (Fsp3) is 0.200. The van der Waals surface area contributed by atoms with Gasteiger partial charge >= 0.3 is 11.9 Å². The first-order chi connectivity index (χ1) is 13.6. The number of anilines is 1. The van der Waals surface area contributed by atoms with E-state index in [-0.39, 0.29) is 17.9 Å². The molecule has 9 heteroatoms. The van der Waals surface area contributed by atoms with Crippen LogP contribution in [0.3, 0.4) is 0 Å². The third-order valence-corrected chi connectivity index (χ3v) is 3.61. The summed E-state index contributed by atoms with van der Waals surface area (Å²) in [4.78, 5) is 42.1. The number of benzene rings is 2. The molecule has 0 bridgehead atoms. The molecule has 0 saturated heterocycles. The Morgan fingerprint density at radius 1 is 1.00 bits per heavy atom. The molecule has 0 unspecified atom stereocenters. The highest BCUT2D eigenvalue weighted by molar-refractivity contribution is 6.00. The Morgan fingerprint density at radius 3 is 2.17 bits per heavy atom. The van der Waals surface area contributed by atoms with Gasteiger partial charge in [0.05, 0.1) is 11.3 Å². The maximum Gasteiger partial charge on any atom is 0.337 e. The number of aryl methyl sites for hydroxylation is 2. The van der Waals surface area contributed by atoms with E-state index in [0.717, 1.165) is 11.1 Å². The highest BCUT2D eigenvalue weighted by Crippen LogP contribution is 2.17. The number of para-hydroxylation sites is 1. The predicted molar refractivity (Wildman–Crippen MR) is 105 cm³/mol. The number of aromatic carboxylic acids is 1. The number of aliphatic carboxylic acids is 1. The topological polar surface area (TPSA) is 156 Å². The van der Waals surface area contributed by atoms with Crippen molar-refractivity contribution in [1.29, 1.82) is 0 Å². The van der Waals surface area contributed by atoms with Gasteiger partial charge in [0.1, 0.15) is 12.2 Å². The monoisotopic (exact) mass is 402 g/mol. The second kappa shape index (κ2) is 11.1. The quantitative estimate of drug-likeness (QED) is 0.516. The van der Waals surface area contributed by atoms with E-state index < -0.39 is 30.2 Å². The Balaban J connectivity index is 0.000000516. The van der Waals surface area contributed by atoms with Gasteiger partial charge in [-0.25, -0.2) is 4.79 Å². The number of primary amides is 1. The van der Waals surface area contributed by atoms with E-state index in [0.29, 0.717) is 5.75 Å². The molecule has 0 aliphatic heterocycles. The number of hydrogen-bond acceptors (Lipinski definition) is 5. The number of hydrogen-bond donors (Lipinski definition) is 4. The number of carboxylic acid groups (broad SMARTS) is 2. The van der Waals surface area contributed by atoms with E-state index in [1.165, 1.54) is 12.1 Å². The molecule has 0 aliphatic rings. The smallest absolute Gasteiger partial charge is 0.337 e. The average Bonchev–Trinajstić information content (AvgIpc) is 2.62. The van der Waals surface area contributed by atoms with E-state index in [1.807, 2.05) is 26.0 Å². The van der Waals surface area contributed by atoms with Crippen LogP contribution in [0.25, 0.3) is 0 Å². The molecular weight excluding hydrogens is 380 g/mol. The first-order valence-electron chi connectivity index (χ1n) is 8.42. The number of rotatable bonds is 7. The summed E-state index contributed by atoms with van der Waals surface area (Å²) >= 11 is 0. The summed E-state index contributed by atoms with van der Waals surface area (Å²) in [5, 5.41) is 19.4. The standard InChI is InChI=1S/C17H17NO4.C3H5NO3/c1-11-7-8-13(9-12(11)2)22-10-16(19)18-15-6-4-3-5-14(15)17(20)21;4-2(5)1-3(6)7/h3-9H,10H2,1-2H3,(H,18,19)(H,20,21);1H2,(H2,4,5)(H,6,7). The number of carbonyl (C=O) groups excluding carboxylic acids is 2. The van der Waals surface area contributed by atoms with Gasteiger partial charge in [-0.05, 0) is 49.2 Å². The minimum atomic E-state index is -1.19. The second-order valence-corrected chi connectivity index (χ2v) is 5.97. The van der Waals surface area contributed by atoms with Crippen molar-refractivity contribution in [3.05, 3.63) is 59.2 Å². The van der Waals surface area contributed by atoms with Crippen LogP contribution in [0.4, 0.5) is 5.69 Å². The minimum absolute atomic E-state index is 0.0435. The zero-order chi connectivity index (χ0) is 22.0. The SMILES string of the molecule is Cc1ccc(OCC(=O)Nc2ccccc2C(=O)O)cc1C.NC(=O)CC(=O)O. The largest absolute Gasteiger partial charge is 0.484 e. The Hall–Kier alpha value is -3.88. The Bertz CT molecular complexity index is 897. The summed E-state index contributed by atoms with van der Waals surface area (Å²) in [6, 6.07) is 11.8. The Morgan fingerprint density at radius 2 is 1.66 bits per heavy atom. The molecule has 2 amide bonds. The van der Waals surface area contributed by atoms with E-state index in [1.54, 1.807) is 18.2 Å². The molecule has 0 fully saturated rings. The van der Waals surface area contributed by atoms with Crippen LogP contribution in [0.15, 0.2) is 42.5 Å². The van der Waals surface area contributed by atoms with Crippen LogP contribution >= 0.6 is 0 Å². The molecule has 0 radical (unpaired) electrons. The van der Waals surface area contributed by atoms with Crippen LogP contribution in [0.2, 0.25) is 0 Å². The lowest BCUT2D eigenvalue weighted by atomic mass is 10.1. The number of nitrogens with one attached hydrogen (secondary N) is 1. The van der Waals surface area contributed by atoms with E-state index in [4.69, 9.17) is 14.9 Å². The van der Waals surface area contributed by atoms with Crippen molar-refractivity contribution < 1.29 is 34.1 Å². The molecule has 9 nitrogen and oxygen atoms in total. The molecule has 0 aliphatic carbocycles. The fourth-order valence-corrected chi connectivity index (χ4v) is 2.07. The highest BCUT2D eigenvalue weighted by Gasteiger charge is 2.12. The zero-order valence-corrected chi connectivity index (χ0v) is 16.0. The van der Waals surface area contributed by atoms with Crippen molar-refractivity contribution in [1.82, 2.24) is 0 Å². The minimum Gasteiger partial charge on any atom is -0.484 e. The number of amides is 2. The molecule has 2 aromatic carbocycles. The van der Waals surface area contributed by atoms with Gasteiger partial charge in [-0.2, -0.15) is 0 Å². The van der Waals surface area contributed by atoms with Crippen LogP contribution in [-0.2, 0) is 14.4 Å². The van der Waals surface area contributed by atoms with Gasteiger partial charge in [0, 0.05) is 0 Å². The number of ether oxygens (including phenoxy) is 1. The third kappa shape index (κ3) is 8.57. The first kappa shape index (κ1) is 23.2. The van der Waals surface area contributed by atoms with Gasteiger partial charge in [-0.3, -0.25) is 14.4 Å². The second-order valence-electron chi connectivity index (χ2n) is 5.97. The first-order valence-corrected chi connectivity index (χ1v) is 8.42. The molecule has 0 heterocycles. The molecular formula is C20H22N2O7. The van der Waals surface area contributed by atoms with E-state index in [2.05, 4.69) is 11.1 Å². The molecule has 154 valence electrons. The maximum absolute atomic E-state index is 11.9. The molecule has 5 N–H and O–H groups in total. The van der Waals surface area contributed by atoms with E-state index >= 15 is 0 Å². The van der Waals surface area contributed by atoms with Crippen molar-refractivity contribution in [3.63, 3.8) is 0 Å². The van der Waals surface area contributed by atoms with Gasteiger partial charge in [-0.15, -0.1) is 0 Å². The Kier molecular flexibility index (Phi) is 8.84. The van der Waals surface area contributed by atoms with Crippen LogP contribution in [-0.4, -0.2) is 40.6 Å². The van der Waals surface area contributed by atoms with Crippen molar-refractivity contribution in [3.8, 4) is 5.75 Å². The van der Waals surface area contributed by atoms with Crippen molar-refractivity contribution in [2.24, 2.45) is 5.73 Å². The lowest BCUT2D eigenvalue weighted by Crippen LogP contribution is -2.21. The van der Waals surface area contributed by atoms with E-state index in [9.17, 15) is 19.2 Å². The van der Waals surface area contributed by atoms with Gasteiger partial charge in [0.2, 0.25) is 5.91 Å². The molecule has 0 spiro atoms. The number of carbonyl (C=O) groups is 4. The molecule has 2 rings (SSSR count). The summed E-state index contributed by atoms with van der Waals surface area (Å²) in [6.45, 7) is 3.77. The van der Waals surface area contributed by atoms with Gasteiger partial charge in [0.25, 0.3) is 5.91 Å². The zero-order valence-electron chi connectivity index (χ0n) is 16.0. The third-order valence-electron chi connectivity index (χ3n) is 3.61. The highest BCUT2D eigenvalue weighted by atomic mass is 16.5. The summed E-state index contributed by atoms with van der Waals surface area (Å²) in [7, 11) is 0. The maximum atomic E-state index is 11.9. The van der Waals surface area contributed by atoms with Crippen LogP contribution in [0.1, 0.15) is 27.9 Å². The van der Waals surface area contributed by atoms with Crippen LogP contribution in [0, 0.1) is 13.8 Å². The lowest BCUT2D eigenvalue weighted by molar-refractivity contribution is -0.140. The number of carboxylic acids is 2. The normalized spacial score (nSPS) is 9.59. The molecule has 2 aromatic rings. The summed E-state index contributed by atoms with van der Waals surface area (Å²) < 4.78 is 5.42. The molecule has 0 atom stereocenters. The van der Waals surface area contributed by atoms with Crippen LogP contribution < -0.4 is 15.8 Å². The molecule has 0 aromatic heterocycles. The Labute approximate surface area is 167 Å². The van der Waals surface area contributed by atoms with Gasteiger partial charge < -0.3 is 26.0 Å². The van der Waals surface area contributed by atoms with Crippen molar-refractivity contribution >= 4 is 29.4 Å². The van der Waals surface area contributed by atoms with Gasteiger partial charge in [-0.1, -0.05) is 18.2 Å². The molecule has 0 saturated carbocycles. The number of nitrogens with two attached hydrogens (primary N) is 1. The molecule has 29 heavy (non-hydrogen) atoms. The lowest BCUT2D eigenvalue weighted by Gasteiger charge is -2.10. The summed E-state index contributed by atoms with van der Waals surface area (Å²) in [5.74, 6) is -2.90. The predicted octanol–water partition coefficient (Wildman–Crippen LogP) is 1.97.